The zero-order valence-electron chi connectivity index (χ0n) is 14.8. The number of carbonyl (C=O) groups excluding carboxylic acids is 1. The summed E-state index contributed by atoms with van der Waals surface area (Å²) >= 11 is 4.38. The lowest BCUT2D eigenvalue weighted by atomic mass is 10.2. The number of nitrogens with one attached hydrogen (secondary N) is 1. The third-order valence-electron chi connectivity index (χ3n) is 3.75. The number of anilines is 1. The molecule has 0 aliphatic rings. The lowest BCUT2D eigenvalue weighted by Crippen LogP contribution is -2.12. The summed E-state index contributed by atoms with van der Waals surface area (Å²) in [5.41, 5.74) is 1.64. The van der Waals surface area contributed by atoms with Gasteiger partial charge in [-0.2, -0.15) is 0 Å². The molecule has 1 aromatic heterocycles. The van der Waals surface area contributed by atoms with E-state index in [1.807, 2.05) is 36.6 Å². The molecule has 0 radical (unpaired) electrons. The van der Waals surface area contributed by atoms with E-state index < -0.39 is 10.8 Å². The monoisotopic (exact) mass is 461 g/mol. The van der Waals surface area contributed by atoms with Crippen LogP contribution in [0.1, 0.15) is 23.7 Å². The van der Waals surface area contributed by atoms with Crippen molar-refractivity contribution in [2.24, 2.45) is 0 Å². The third-order valence-corrected chi connectivity index (χ3v) is 5.18. The van der Waals surface area contributed by atoms with E-state index in [0.29, 0.717) is 16.2 Å². The summed E-state index contributed by atoms with van der Waals surface area (Å²) < 4.78 is 5.88. The average molecular weight is 462 g/mol. The van der Waals surface area contributed by atoms with Gasteiger partial charge in [-0.25, -0.2) is 4.98 Å². The van der Waals surface area contributed by atoms with Gasteiger partial charge in [-0.1, -0.05) is 6.92 Å². The molecule has 0 unspecified atom stereocenters. The van der Waals surface area contributed by atoms with E-state index in [1.54, 1.807) is 0 Å². The molecule has 0 fully saturated rings. The smallest absolute Gasteiger partial charge is 0.284 e. The van der Waals surface area contributed by atoms with E-state index in [1.165, 1.54) is 29.5 Å². The fraction of sp³-hybridized carbons (Fsp3) is 0.158. The first kappa shape index (κ1) is 20.0. The maximum absolute atomic E-state index is 12.4. The predicted molar refractivity (Wildman–Crippen MR) is 112 cm³/mol. The molecule has 1 amide bonds. The van der Waals surface area contributed by atoms with Gasteiger partial charge in [0.1, 0.15) is 5.75 Å². The second-order valence-corrected chi connectivity index (χ2v) is 7.50. The van der Waals surface area contributed by atoms with Crippen molar-refractivity contribution in [1.29, 1.82) is 0 Å². The fourth-order valence-electron chi connectivity index (χ4n) is 2.37. The summed E-state index contributed by atoms with van der Waals surface area (Å²) in [7, 11) is 0. The van der Waals surface area contributed by atoms with E-state index in [4.69, 9.17) is 4.74 Å². The van der Waals surface area contributed by atoms with E-state index >= 15 is 0 Å². The maximum atomic E-state index is 12.4. The van der Waals surface area contributed by atoms with Gasteiger partial charge in [0.05, 0.1) is 21.7 Å². The molecule has 1 heterocycles. The molecule has 28 heavy (non-hydrogen) atoms. The number of thiazole rings is 1. The zero-order valence-corrected chi connectivity index (χ0v) is 17.2. The molecule has 3 aromatic rings. The van der Waals surface area contributed by atoms with Gasteiger partial charge in [-0.15, -0.1) is 11.3 Å². The number of hydrogen-bond donors (Lipinski definition) is 1. The van der Waals surface area contributed by atoms with Crippen LogP contribution in [0.4, 0.5) is 10.8 Å². The van der Waals surface area contributed by atoms with Gasteiger partial charge in [0.15, 0.2) is 5.13 Å². The molecule has 0 aliphatic carbocycles. The predicted octanol–water partition coefficient (Wildman–Crippen LogP) is 5.52. The molecular formula is C19H16BrN3O4S. The Morgan fingerprint density at radius 1 is 1.29 bits per heavy atom. The third kappa shape index (κ3) is 4.73. The molecule has 0 saturated heterocycles. The van der Waals surface area contributed by atoms with Gasteiger partial charge < -0.3 is 4.74 Å². The minimum Gasteiger partial charge on any atom is -0.494 e. The van der Waals surface area contributed by atoms with Crippen molar-refractivity contribution >= 4 is 44.0 Å². The number of halogens is 1. The Bertz CT molecular complexity index is 1000. The molecular weight excluding hydrogens is 446 g/mol. The Hall–Kier alpha value is -2.78. The van der Waals surface area contributed by atoms with Crippen molar-refractivity contribution in [1.82, 2.24) is 4.98 Å². The first-order valence-electron chi connectivity index (χ1n) is 8.42. The van der Waals surface area contributed by atoms with Gasteiger partial charge in [-0.05, 0) is 58.7 Å². The highest BCUT2D eigenvalue weighted by molar-refractivity contribution is 9.10. The van der Waals surface area contributed by atoms with E-state index in [9.17, 15) is 14.9 Å². The number of nitro benzene ring substituents is 1. The van der Waals surface area contributed by atoms with Crippen LogP contribution in [0, 0.1) is 10.1 Å². The average Bonchev–Trinajstić information content (AvgIpc) is 3.15. The van der Waals surface area contributed by atoms with Crippen molar-refractivity contribution in [3.05, 3.63) is 68.0 Å². The second kappa shape index (κ2) is 8.94. The van der Waals surface area contributed by atoms with E-state index in [2.05, 4.69) is 26.2 Å². The Labute approximate surface area is 173 Å². The molecule has 0 atom stereocenters. The standard InChI is InChI=1S/C19H16BrN3O4S/c1-2-9-27-14-6-3-12(4-7-14)16-11-28-19(21-16)22-18(24)13-5-8-15(20)17(10-13)23(25)26/h3-8,10-11H,2,9H2,1H3,(H,21,22,24). The SMILES string of the molecule is CCCOc1ccc(-c2csc(NC(=O)c3ccc(Br)c([N+](=O)[O-])c3)n2)cc1. The van der Waals surface area contributed by atoms with Crippen molar-refractivity contribution in [2.45, 2.75) is 13.3 Å². The summed E-state index contributed by atoms with van der Waals surface area (Å²) in [6.45, 7) is 2.71. The number of rotatable bonds is 7. The first-order chi connectivity index (χ1) is 13.5. The van der Waals surface area contributed by atoms with Crippen LogP contribution in [0.25, 0.3) is 11.3 Å². The Morgan fingerprint density at radius 2 is 2.04 bits per heavy atom. The number of aromatic nitrogens is 1. The lowest BCUT2D eigenvalue weighted by molar-refractivity contribution is -0.385. The highest BCUT2D eigenvalue weighted by Gasteiger charge is 2.17. The van der Waals surface area contributed by atoms with Crippen LogP contribution in [-0.2, 0) is 0 Å². The van der Waals surface area contributed by atoms with E-state index in [-0.39, 0.29) is 11.3 Å². The molecule has 1 N–H and O–H groups in total. The molecule has 0 bridgehead atoms. The Kier molecular flexibility index (Phi) is 6.37. The lowest BCUT2D eigenvalue weighted by Gasteiger charge is -2.05. The number of amides is 1. The number of hydrogen-bond acceptors (Lipinski definition) is 6. The van der Waals surface area contributed by atoms with Gasteiger partial charge in [-0.3, -0.25) is 20.2 Å². The van der Waals surface area contributed by atoms with E-state index in [0.717, 1.165) is 23.4 Å². The number of benzene rings is 2. The quantitative estimate of drug-likeness (QED) is 0.369. The Morgan fingerprint density at radius 3 is 2.71 bits per heavy atom. The molecule has 3 rings (SSSR count). The van der Waals surface area contributed by atoms with Crippen LogP contribution in [0.3, 0.4) is 0 Å². The number of carbonyl (C=O) groups is 1. The molecule has 0 saturated carbocycles. The highest BCUT2D eigenvalue weighted by atomic mass is 79.9. The first-order valence-corrected chi connectivity index (χ1v) is 10.1. The molecule has 0 aliphatic heterocycles. The van der Waals surface area contributed by atoms with Crippen LogP contribution in [-0.4, -0.2) is 22.4 Å². The molecule has 2 aromatic carbocycles. The maximum Gasteiger partial charge on any atom is 0.284 e. The summed E-state index contributed by atoms with van der Waals surface area (Å²) in [6.07, 6.45) is 0.943. The minimum atomic E-state index is -0.545. The van der Waals surface area contributed by atoms with Gasteiger partial charge in [0.2, 0.25) is 0 Å². The Balaban J connectivity index is 1.71. The molecule has 7 nitrogen and oxygen atoms in total. The van der Waals surface area contributed by atoms with Crippen molar-refractivity contribution in [3.63, 3.8) is 0 Å². The topological polar surface area (TPSA) is 94.4 Å². The summed E-state index contributed by atoms with van der Waals surface area (Å²) in [5.74, 6) is 0.339. The minimum absolute atomic E-state index is 0.169. The van der Waals surface area contributed by atoms with Gasteiger partial charge in [0, 0.05) is 22.6 Å². The molecule has 144 valence electrons. The van der Waals surface area contributed by atoms with Gasteiger partial charge >= 0.3 is 0 Å². The van der Waals surface area contributed by atoms with Crippen molar-refractivity contribution in [3.8, 4) is 17.0 Å². The van der Waals surface area contributed by atoms with Crippen LogP contribution < -0.4 is 10.1 Å². The molecule has 0 spiro atoms. The highest BCUT2D eigenvalue weighted by Crippen LogP contribution is 2.28. The second-order valence-electron chi connectivity index (χ2n) is 5.79. The summed E-state index contributed by atoms with van der Waals surface area (Å²) in [5, 5.41) is 15.9. The largest absolute Gasteiger partial charge is 0.494 e. The van der Waals surface area contributed by atoms with Crippen molar-refractivity contribution in [2.75, 3.05) is 11.9 Å². The number of ether oxygens (including phenoxy) is 1. The van der Waals surface area contributed by atoms with Crippen molar-refractivity contribution < 1.29 is 14.5 Å². The number of nitro groups is 1. The molecule has 9 heteroatoms. The van der Waals surface area contributed by atoms with Crippen LogP contribution >= 0.6 is 27.3 Å². The van der Waals surface area contributed by atoms with Gasteiger partial charge in [0.25, 0.3) is 11.6 Å². The van der Waals surface area contributed by atoms with Crippen LogP contribution in [0.15, 0.2) is 52.3 Å². The summed E-state index contributed by atoms with van der Waals surface area (Å²) in [6, 6.07) is 11.8. The zero-order chi connectivity index (χ0) is 20.1. The summed E-state index contributed by atoms with van der Waals surface area (Å²) in [4.78, 5) is 27.3. The van der Waals surface area contributed by atoms with Crippen LogP contribution in [0.2, 0.25) is 0 Å². The normalized spacial score (nSPS) is 10.5. The number of nitrogens with zero attached hydrogens (tertiary/aromatic N) is 2. The van der Waals surface area contributed by atoms with Crippen LogP contribution in [0.5, 0.6) is 5.75 Å². The fourth-order valence-corrected chi connectivity index (χ4v) is 3.47.